The second-order valence-corrected chi connectivity index (χ2v) is 7.04. The lowest BCUT2D eigenvalue weighted by molar-refractivity contribution is -0.143. The summed E-state index contributed by atoms with van der Waals surface area (Å²) in [6.45, 7) is 1.34. The van der Waals surface area contributed by atoms with E-state index in [1.54, 1.807) is 23.1 Å². The van der Waals surface area contributed by atoms with Gasteiger partial charge >= 0.3 is 5.97 Å². The second-order valence-electron chi connectivity index (χ2n) is 7.04. The standard InChI is InChI=1S/C18H20N2O6/c21-15-7-11(16(22)19-10-18(3-4-18)17(23)24)9-20(15)12-1-2-13-14(8-12)26-6-5-25-13/h1-2,8,11H,3-7,9-10H2,(H,19,22)(H,23,24). The lowest BCUT2D eigenvalue weighted by atomic mass is 10.1. The fourth-order valence-electron chi connectivity index (χ4n) is 3.35. The molecule has 3 aliphatic rings. The number of fused-ring (bicyclic) bond motifs is 1. The minimum absolute atomic E-state index is 0.111. The van der Waals surface area contributed by atoms with E-state index < -0.39 is 17.3 Å². The number of carboxylic acid groups (broad SMARTS) is 1. The van der Waals surface area contributed by atoms with Crippen molar-refractivity contribution in [1.82, 2.24) is 5.32 Å². The molecule has 0 aromatic heterocycles. The molecule has 2 heterocycles. The van der Waals surface area contributed by atoms with Gasteiger partial charge < -0.3 is 24.8 Å². The van der Waals surface area contributed by atoms with Crippen LogP contribution in [0.5, 0.6) is 11.5 Å². The van der Waals surface area contributed by atoms with Gasteiger partial charge in [-0.2, -0.15) is 0 Å². The maximum absolute atomic E-state index is 12.4. The topological polar surface area (TPSA) is 105 Å². The van der Waals surface area contributed by atoms with Gasteiger partial charge in [0, 0.05) is 31.3 Å². The summed E-state index contributed by atoms with van der Waals surface area (Å²) in [7, 11) is 0. The number of benzene rings is 1. The predicted octanol–water partition coefficient (Wildman–Crippen LogP) is 0.792. The zero-order valence-corrected chi connectivity index (χ0v) is 14.2. The summed E-state index contributed by atoms with van der Waals surface area (Å²) in [6.07, 6.45) is 1.27. The molecule has 1 aromatic carbocycles. The number of rotatable bonds is 5. The number of nitrogens with zero attached hydrogens (tertiary/aromatic N) is 1. The van der Waals surface area contributed by atoms with Crippen molar-refractivity contribution in [2.24, 2.45) is 11.3 Å². The van der Waals surface area contributed by atoms with Crippen LogP contribution in [0.3, 0.4) is 0 Å². The van der Waals surface area contributed by atoms with Crippen molar-refractivity contribution >= 4 is 23.5 Å². The van der Waals surface area contributed by atoms with E-state index in [4.69, 9.17) is 9.47 Å². The van der Waals surface area contributed by atoms with Gasteiger partial charge in [-0.1, -0.05) is 0 Å². The maximum Gasteiger partial charge on any atom is 0.311 e. The van der Waals surface area contributed by atoms with Crippen molar-refractivity contribution in [2.75, 3.05) is 31.2 Å². The van der Waals surface area contributed by atoms with E-state index in [-0.39, 0.29) is 31.3 Å². The van der Waals surface area contributed by atoms with Crippen LogP contribution in [0.1, 0.15) is 19.3 Å². The Morgan fingerprint density at radius 1 is 1.23 bits per heavy atom. The van der Waals surface area contributed by atoms with E-state index in [0.29, 0.717) is 43.2 Å². The first-order chi connectivity index (χ1) is 12.5. The smallest absolute Gasteiger partial charge is 0.311 e. The van der Waals surface area contributed by atoms with Crippen LogP contribution in [0, 0.1) is 11.3 Å². The number of carbonyl (C=O) groups excluding carboxylic acids is 2. The Hall–Kier alpha value is -2.77. The molecule has 138 valence electrons. The molecule has 26 heavy (non-hydrogen) atoms. The van der Waals surface area contributed by atoms with Crippen molar-refractivity contribution in [3.05, 3.63) is 18.2 Å². The predicted molar refractivity (Wildman–Crippen MR) is 90.2 cm³/mol. The molecule has 1 atom stereocenters. The van der Waals surface area contributed by atoms with Crippen LogP contribution in [0.15, 0.2) is 18.2 Å². The lowest BCUT2D eigenvalue weighted by Gasteiger charge is -2.22. The van der Waals surface area contributed by atoms with Gasteiger partial charge in [0.15, 0.2) is 11.5 Å². The molecule has 2 fully saturated rings. The number of aliphatic carboxylic acids is 1. The molecule has 0 spiro atoms. The van der Waals surface area contributed by atoms with Crippen LogP contribution in [0.25, 0.3) is 0 Å². The Labute approximate surface area is 150 Å². The highest BCUT2D eigenvalue weighted by Gasteiger charge is 2.50. The summed E-state index contributed by atoms with van der Waals surface area (Å²) in [4.78, 5) is 37.5. The van der Waals surface area contributed by atoms with Gasteiger partial charge in [0.2, 0.25) is 11.8 Å². The van der Waals surface area contributed by atoms with Gasteiger partial charge in [0.1, 0.15) is 13.2 Å². The Morgan fingerprint density at radius 3 is 2.65 bits per heavy atom. The van der Waals surface area contributed by atoms with E-state index in [0.717, 1.165) is 0 Å². The van der Waals surface area contributed by atoms with Gasteiger partial charge in [-0.05, 0) is 25.0 Å². The summed E-state index contributed by atoms with van der Waals surface area (Å²) in [5.74, 6) is -0.540. The molecule has 2 aliphatic heterocycles. The number of hydrogen-bond donors (Lipinski definition) is 2. The zero-order chi connectivity index (χ0) is 18.3. The molecule has 2 N–H and O–H groups in total. The lowest BCUT2D eigenvalue weighted by Crippen LogP contribution is -2.38. The van der Waals surface area contributed by atoms with Gasteiger partial charge in [-0.3, -0.25) is 14.4 Å². The van der Waals surface area contributed by atoms with Crippen molar-refractivity contribution in [3.63, 3.8) is 0 Å². The molecule has 0 radical (unpaired) electrons. The van der Waals surface area contributed by atoms with Crippen LogP contribution in [-0.4, -0.2) is 49.2 Å². The first-order valence-corrected chi connectivity index (χ1v) is 8.70. The van der Waals surface area contributed by atoms with Gasteiger partial charge in [0.25, 0.3) is 0 Å². The van der Waals surface area contributed by atoms with Crippen LogP contribution in [0.4, 0.5) is 5.69 Å². The Bertz CT molecular complexity index is 773. The maximum atomic E-state index is 12.4. The third-order valence-corrected chi connectivity index (χ3v) is 5.24. The van der Waals surface area contributed by atoms with Crippen molar-refractivity contribution in [2.45, 2.75) is 19.3 Å². The molecule has 8 nitrogen and oxygen atoms in total. The third-order valence-electron chi connectivity index (χ3n) is 5.24. The number of anilines is 1. The molecule has 8 heteroatoms. The van der Waals surface area contributed by atoms with Crippen LogP contribution in [-0.2, 0) is 14.4 Å². The van der Waals surface area contributed by atoms with Crippen molar-refractivity contribution in [1.29, 1.82) is 0 Å². The monoisotopic (exact) mass is 360 g/mol. The average Bonchev–Trinajstić information content (AvgIpc) is 3.35. The quantitative estimate of drug-likeness (QED) is 0.804. The van der Waals surface area contributed by atoms with E-state index in [1.807, 2.05) is 0 Å². The zero-order valence-electron chi connectivity index (χ0n) is 14.2. The Morgan fingerprint density at radius 2 is 1.96 bits per heavy atom. The minimum atomic E-state index is -0.877. The van der Waals surface area contributed by atoms with E-state index >= 15 is 0 Å². The first-order valence-electron chi connectivity index (χ1n) is 8.70. The van der Waals surface area contributed by atoms with Crippen LogP contribution < -0.4 is 19.7 Å². The second kappa shape index (κ2) is 6.19. The molecule has 1 aliphatic carbocycles. The molecule has 1 saturated heterocycles. The van der Waals surface area contributed by atoms with E-state index in [2.05, 4.69) is 5.32 Å². The number of amides is 2. The number of nitrogens with one attached hydrogen (secondary N) is 1. The highest BCUT2D eigenvalue weighted by atomic mass is 16.6. The molecule has 4 rings (SSSR count). The Balaban J connectivity index is 1.40. The van der Waals surface area contributed by atoms with Gasteiger partial charge in [-0.15, -0.1) is 0 Å². The number of hydrogen-bond acceptors (Lipinski definition) is 5. The number of carbonyl (C=O) groups is 3. The normalized spacial score (nSPS) is 22.8. The molecule has 1 aromatic rings. The molecular formula is C18H20N2O6. The van der Waals surface area contributed by atoms with E-state index in [1.165, 1.54) is 0 Å². The Kier molecular flexibility index (Phi) is 3.97. The molecule has 2 amide bonds. The molecular weight excluding hydrogens is 340 g/mol. The fraction of sp³-hybridized carbons (Fsp3) is 0.500. The van der Waals surface area contributed by atoms with Crippen LogP contribution in [0.2, 0.25) is 0 Å². The van der Waals surface area contributed by atoms with Crippen LogP contribution >= 0.6 is 0 Å². The molecule has 1 unspecified atom stereocenters. The van der Waals surface area contributed by atoms with E-state index in [9.17, 15) is 19.5 Å². The summed E-state index contributed by atoms with van der Waals surface area (Å²) in [5, 5.41) is 11.9. The summed E-state index contributed by atoms with van der Waals surface area (Å²) >= 11 is 0. The van der Waals surface area contributed by atoms with Crippen molar-refractivity contribution < 1.29 is 29.0 Å². The highest BCUT2D eigenvalue weighted by Crippen LogP contribution is 2.45. The van der Waals surface area contributed by atoms with Gasteiger partial charge in [-0.25, -0.2) is 0 Å². The molecule has 0 bridgehead atoms. The average molecular weight is 360 g/mol. The number of carboxylic acids is 1. The molecule has 1 saturated carbocycles. The summed E-state index contributed by atoms with van der Waals surface area (Å²) < 4.78 is 11.0. The first kappa shape index (κ1) is 16.7. The largest absolute Gasteiger partial charge is 0.486 e. The SMILES string of the molecule is O=C(NCC1(C(=O)O)CC1)C1CC(=O)N(c2ccc3c(c2)OCCO3)C1. The summed E-state index contributed by atoms with van der Waals surface area (Å²) in [5.41, 5.74) is -0.146. The minimum Gasteiger partial charge on any atom is -0.486 e. The highest BCUT2D eigenvalue weighted by molar-refractivity contribution is 6.00. The number of ether oxygens (including phenoxy) is 2. The fourth-order valence-corrected chi connectivity index (χ4v) is 3.35. The van der Waals surface area contributed by atoms with Crippen molar-refractivity contribution in [3.8, 4) is 11.5 Å². The summed E-state index contributed by atoms with van der Waals surface area (Å²) in [6, 6.07) is 5.28. The third kappa shape index (κ3) is 2.95. The van der Waals surface area contributed by atoms with Gasteiger partial charge in [0.05, 0.1) is 11.3 Å².